The van der Waals surface area contributed by atoms with Gasteiger partial charge in [0.2, 0.25) is 15.9 Å². The summed E-state index contributed by atoms with van der Waals surface area (Å²) in [4.78, 5) is 21.4. The number of halogens is 1. The molecule has 122 valence electrons. The lowest BCUT2D eigenvalue weighted by molar-refractivity contribution is -0.384. The molecule has 1 N–H and O–H groups in total. The van der Waals surface area contributed by atoms with Crippen molar-refractivity contribution in [3.8, 4) is 0 Å². The molecule has 1 aromatic rings. The molecule has 0 aliphatic rings. The Morgan fingerprint density at radius 2 is 2.05 bits per heavy atom. The van der Waals surface area contributed by atoms with E-state index in [0.717, 1.165) is 22.5 Å². The van der Waals surface area contributed by atoms with Gasteiger partial charge in [-0.25, -0.2) is 8.42 Å². The second kappa shape index (κ2) is 7.03. The average molecular weight is 350 g/mol. The predicted molar refractivity (Wildman–Crippen MR) is 81.2 cm³/mol. The summed E-state index contributed by atoms with van der Waals surface area (Å²) in [6, 6.07) is 3.03. The van der Waals surface area contributed by atoms with E-state index in [1.54, 1.807) is 13.8 Å². The van der Waals surface area contributed by atoms with E-state index in [1.165, 1.54) is 7.05 Å². The van der Waals surface area contributed by atoms with E-state index >= 15 is 0 Å². The summed E-state index contributed by atoms with van der Waals surface area (Å²) in [5, 5.41) is 13.2. The first-order valence-electron chi connectivity index (χ1n) is 6.25. The van der Waals surface area contributed by atoms with Gasteiger partial charge in [0.15, 0.2) is 0 Å². The van der Waals surface area contributed by atoms with Crippen molar-refractivity contribution in [1.82, 2.24) is 9.62 Å². The van der Waals surface area contributed by atoms with Gasteiger partial charge in [0.1, 0.15) is 5.02 Å². The Balaban J connectivity index is 3.06. The lowest BCUT2D eigenvalue weighted by Crippen LogP contribution is -2.40. The zero-order valence-electron chi connectivity index (χ0n) is 12.2. The highest BCUT2D eigenvalue weighted by Gasteiger charge is 2.26. The number of carbonyl (C=O) groups is 1. The number of sulfonamides is 1. The van der Waals surface area contributed by atoms with E-state index < -0.39 is 33.1 Å². The summed E-state index contributed by atoms with van der Waals surface area (Å²) in [5.41, 5.74) is -0.511. The van der Waals surface area contributed by atoms with Gasteiger partial charge in [-0.15, -0.1) is 0 Å². The molecule has 1 amide bonds. The maximum Gasteiger partial charge on any atom is 0.289 e. The monoisotopic (exact) mass is 349 g/mol. The van der Waals surface area contributed by atoms with Crippen molar-refractivity contribution >= 4 is 33.2 Å². The summed E-state index contributed by atoms with van der Waals surface area (Å²) in [6.45, 7) is 3.10. The van der Waals surface area contributed by atoms with Crippen LogP contribution in [-0.4, -0.2) is 43.2 Å². The first kappa shape index (κ1) is 18.3. The van der Waals surface area contributed by atoms with E-state index in [9.17, 15) is 23.3 Å². The predicted octanol–water partition coefficient (Wildman–Crippen LogP) is 1.39. The molecule has 1 rings (SSSR count). The van der Waals surface area contributed by atoms with E-state index in [4.69, 9.17) is 11.6 Å². The number of likely N-dealkylation sites (N-methyl/N-ethyl adjacent to an activating group) is 1. The summed E-state index contributed by atoms with van der Waals surface area (Å²) >= 11 is 5.65. The first-order chi connectivity index (χ1) is 10.1. The highest BCUT2D eigenvalue weighted by atomic mass is 35.5. The van der Waals surface area contributed by atoms with Crippen LogP contribution in [0.4, 0.5) is 5.69 Å². The molecule has 0 saturated heterocycles. The molecule has 0 bridgehead atoms. The molecule has 10 heteroatoms. The van der Waals surface area contributed by atoms with Gasteiger partial charge in [0.25, 0.3) is 5.69 Å². The molecule has 0 saturated carbocycles. The van der Waals surface area contributed by atoms with Crippen molar-refractivity contribution in [2.24, 2.45) is 0 Å². The van der Waals surface area contributed by atoms with Crippen LogP contribution in [-0.2, 0) is 14.8 Å². The lowest BCUT2D eigenvalue weighted by Gasteiger charge is -2.17. The van der Waals surface area contributed by atoms with Crippen LogP contribution in [0.2, 0.25) is 5.02 Å². The molecular weight excluding hydrogens is 334 g/mol. The zero-order chi connectivity index (χ0) is 17.1. The number of nitrogens with one attached hydrogen (secondary N) is 1. The van der Waals surface area contributed by atoms with E-state index in [1.807, 2.05) is 0 Å². The van der Waals surface area contributed by atoms with Gasteiger partial charge >= 0.3 is 0 Å². The fourth-order valence-corrected chi connectivity index (χ4v) is 2.96. The molecule has 0 atom stereocenters. The topological polar surface area (TPSA) is 110 Å². The highest BCUT2D eigenvalue weighted by molar-refractivity contribution is 7.89. The van der Waals surface area contributed by atoms with Crippen molar-refractivity contribution in [2.45, 2.75) is 24.8 Å². The van der Waals surface area contributed by atoms with Crippen molar-refractivity contribution in [1.29, 1.82) is 0 Å². The number of hydrogen-bond donors (Lipinski definition) is 1. The largest absolute Gasteiger partial charge is 0.353 e. The first-order valence-corrected chi connectivity index (χ1v) is 8.07. The second-order valence-electron chi connectivity index (χ2n) is 4.85. The van der Waals surface area contributed by atoms with Crippen LogP contribution in [0.3, 0.4) is 0 Å². The van der Waals surface area contributed by atoms with E-state index in [-0.39, 0.29) is 16.0 Å². The maximum atomic E-state index is 12.3. The van der Waals surface area contributed by atoms with Gasteiger partial charge in [0, 0.05) is 19.2 Å². The van der Waals surface area contributed by atoms with Crippen LogP contribution in [0.5, 0.6) is 0 Å². The van der Waals surface area contributed by atoms with Gasteiger partial charge in [-0.3, -0.25) is 14.9 Å². The Bertz CT molecular complexity index is 690. The maximum absolute atomic E-state index is 12.3. The Labute approximate surface area is 133 Å². The smallest absolute Gasteiger partial charge is 0.289 e. The second-order valence-corrected chi connectivity index (χ2v) is 7.31. The molecule has 0 unspecified atom stereocenters. The standard InChI is InChI=1S/C12H16ClN3O5S/c1-8(2)14-12(17)7-15(3)22(20,21)9-4-5-10(13)11(6-9)16(18)19/h4-6,8H,7H2,1-3H3,(H,14,17). The van der Waals surface area contributed by atoms with Crippen LogP contribution in [0.1, 0.15) is 13.8 Å². The molecule has 0 radical (unpaired) electrons. The summed E-state index contributed by atoms with van der Waals surface area (Å²) in [7, 11) is -2.82. The van der Waals surface area contributed by atoms with Crippen LogP contribution in [0.25, 0.3) is 0 Å². The van der Waals surface area contributed by atoms with Crippen LogP contribution in [0.15, 0.2) is 23.1 Å². The van der Waals surface area contributed by atoms with Gasteiger partial charge in [-0.1, -0.05) is 11.6 Å². The fraction of sp³-hybridized carbons (Fsp3) is 0.417. The Morgan fingerprint density at radius 1 is 1.45 bits per heavy atom. The SMILES string of the molecule is CC(C)NC(=O)CN(C)S(=O)(=O)c1ccc(Cl)c([N+](=O)[O-])c1. The number of carbonyl (C=O) groups excluding carboxylic acids is 1. The number of benzene rings is 1. The molecule has 22 heavy (non-hydrogen) atoms. The minimum absolute atomic E-state index is 0.125. The van der Waals surface area contributed by atoms with Crippen molar-refractivity contribution in [3.63, 3.8) is 0 Å². The quantitative estimate of drug-likeness (QED) is 0.616. The fourth-order valence-electron chi connectivity index (χ4n) is 1.63. The third-order valence-corrected chi connectivity index (χ3v) is 4.76. The van der Waals surface area contributed by atoms with Gasteiger partial charge < -0.3 is 5.32 Å². The van der Waals surface area contributed by atoms with Crippen LogP contribution >= 0.6 is 11.6 Å². The Morgan fingerprint density at radius 3 is 2.55 bits per heavy atom. The zero-order valence-corrected chi connectivity index (χ0v) is 13.8. The lowest BCUT2D eigenvalue weighted by atomic mass is 10.3. The van der Waals surface area contributed by atoms with Gasteiger partial charge in [0.05, 0.1) is 16.4 Å². The number of nitro groups is 1. The third-order valence-electron chi connectivity index (χ3n) is 2.64. The molecule has 8 nitrogen and oxygen atoms in total. The van der Waals surface area contributed by atoms with Gasteiger partial charge in [-0.2, -0.15) is 4.31 Å². The average Bonchev–Trinajstić information content (AvgIpc) is 2.37. The number of rotatable bonds is 6. The Hall–Kier alpha value is -1.71. The minimum atomic E-state index is -4.03. The molecule has 0 aliphatic carbocycles. The van der Waals surface area contributed by atoms with Crippen molar-refractivity contribution in [2.75, 3.05) is 13.6 Å². The normalized spacial score (nSPS) is 11.7. The summed E-state index contributed by atoms with van der Waals surface area (Å²) in [5.74, 6) is -0.468. The van der Waals surface area contributed by atoms with Crippen LogP contribution < -0.4 is 5.32 Å². The number of hydrogen-bond acceptors (Lipinski definition) is 5. The Kier molecular flexibility index (Phi) is 5.86. The minimum Gasteiger partial charge on any atom is -0.353 e. The highest BCUT2D eigenvalue weighted by Crippen LogP contribution is 2.28. The third kappa shape index (κ3) is 4.39. The van der Waals surface area contributed by atoms with Crippen molar-refractivity contribution in [3.05, 3.63) is 33.3 Å². The number of nitrogens with zero attached hydrogens (tertiary/aromatic N) is 2. The summed E-state index contributed by atoms with van der Waals surface area (Å²) in [6.07, 6.45) is 0. The molecule has 0 fully saturated rings. The van der Waals surface area contributed by atoms with Crippen LogP contribution in [0, 0.1) is 10.1 Å². The molecular formula is C12H16ClN3O5S. The van der Waals surface area contributed by atoms with E-state index in [2.05, 4.69) is 5.32 Å². The molecule has 0 spiro atoms. The molecule has 0 aromatic heterocycles. The number of nitro benzene ring substituents is 1. The number of amides is 1. The van der Waals surface area contributed by atoms with Gasteiger partial charge in [-0.05, 0) is 26.0 Å². The molecule has 0 heterocycles. The van der Waals surface area contributed by atoms with Crippen molar-refractivity contribution < 1.29 is 18.1 Å². The van der Waals surface area contributed by atoms with E-state index in [0.29, 0.717) is 0 Å². The molecule has 1 aromatic carbocycles. The molecule has 0 aliphatic heterocycles. The summed E-state index contributed by atoms with van der Waals surface area (Å²) < 4.78 is 25.5.